The largest absolute Gasteiger partial charge is 0.488 e. The Labute approximate surface area is 175 Å². The van der Waals surface area contributed by atoms with Gasteiger partial charge in [0.1, 0.15) is 18.2 Å². The van der Waals surface area contributed by atoms with Crippen LogP contribution in [0.4, 0.5) is 10.1 Å². The zero-order chi connectivity index (χ0) is 20.1. The van der Waals surface area contributed by atoms with Crippen molar-refractivity contribution in [2.24, 2.45) is 0 Å². The highest BCUT2D eigenvalue weighted by Crippen LogP contribution is 2.28. The van der Waals surface area contributed by atoms with Crippen molar-refractivity contribution in [2.75, 3.05) is 5.32 Å². The van der Waals surface area contributed by atoms with Crippen LogP contribution in [0.3, 0.4) is 0 Å². The molecule has 0 saturated carbocycles. The Bertz CT molecular complexity index is 1010. The monoisotopic (exact) mass is 463 g/mol. The molecule has 0 aromatic heterocycles. The number of rotatable bonds is 7. The number of aromatic carboxylic acids is 1. The maximum Gasteiger partial charge on any atom is 0.335 e. The van der Waals surface area contributed by atoms with Crippen molar-refractivity contribution in [3.05, 3.63) is 92.7 Å². The number of hydrogen-bond acceptors (Lipinski definition) is 3. The van der Waals surface area contributed by atoms with Crippen LogP contribution in [0.25, 0.3) is 0 Å². The number of carboxylic acid groups (broad SMARTS) is 1. The molecule has 0 radical (unpaired) electrons. The van der Waals surface area contributed by atoms with Crippen LogP contribution in [0.15, 0.2) is 65.1 Å². The van der Waals surface area contributed by atoms with Crippen LogP contribution in [-0.2, 0) is 13.2 Å². The first-order valence-electron chi connectivity index (χ1n) is 8.35. The predicted molar refractivity (Wildman–Crippen MR) is 111 cm³/mol. The molecule has 4 nitrogen and oxygen atoms in total. The SMILES string of the molecule is O=C(O)c1ccc(Cl)c(NCc2cc(Br)ccc2OCc2ccccc2F)c1. The highest BCUT2D eigenvalue weighted by molar-refractivity contribution is 9.10. The molecule has 144 valence electrons. The normalized spacial score (nSPS) is 10.5. The molecular formula is C21H16BrClFNO3. The van der Waals surface area contributed by atoms with E-state index in [2.05, 4.69) is 21.2 Å². The number of halogens is 3. The lowest BCUT2D eigenvalue weighted by molar-refractivity contribution is 0.0697. The zero-order valence-corrected chi connectivity index (χ0v) is 16.9. The fraction of sp³-hybridized carbons (Fsp3) is 0.0952. The Morgan fingerprint density at radius 1 is 1.11 bits per heavy atom. The summed E-state index contributed by atoms with van der Waals surface area (Å²) in [6.07, 6.45) is 0. The highest BCUT2D eigenvalue weighted by atomic mass is 79.9. The van der Waals surface area contributed by atoms with Crippen LogP contribution in [0.1, 0.15) is 21.5 Å². The van der Waals surface area contributed by atoms with Gasteiger partial charge in [-0.25, -0.2) is 9.18 Å². The van der Waals surface area contributed by atoms with Crippen molar-refractivity contribution < 1.29 is 19.0 Å². The number of ether oxygens (including phenoxy) is 1. The second-order valence-electron chi connectivity index (χ2n) is 5.99. The van der Waals surface area contributed by atoms with Crippen LogP contribution >= 0.6 is 27.5 Å². The molecule has 2 N–H and O–H groups in total. The first-order chi connectivity index (χ1) is 13.4. The van der Waals surface area contributed by atoms with Gasteiger partial charge in [0.15, 0.2) is 0 Å². The van der Waals surface area contributed by atoms with Crippen molar-refractivity contribution in [1.82, 2.24) is 0 Å². The first-order valence-corrected chi connectivity index (χ1v) is 9.52. The number of carboxylic acids is 1. The number of benzene rings is 3. The van der Waals surface area contributed by atoms with Crippen molar-refractivity contribution >= 4 is 39.2 Å². The molecular weight excluding hydrogens is 449 g/mol. The molecule has 0 aliphatic carbocycles. The lowest BCUT2D eigenvalue weighted by atomic mass is 10.1. The maximum atomic E-state index is 13.8. The van der Waals surface area contributed by atoms with Gasteiger partial charge in [-0.05, 0) is 42.5 Å². The molecule has 3 rings (SSSR count). The molecule has 0 aliphatic heterocycles. The van der Waals surface area contributed by atoms with Crippen molar-refractivity contribution in [3.8, 4) is 5.75 Å². The number of anilines is 1. The Hall–Kier alpha value is -2.57. The lowest BCUT2D eigenvalue weighted by Gasteiger charge is -2.15. The van der Waals surface area contributed by atoms with Gasteiger partial charge in [-0.1, -0.05) is 45.7 Å². The smallest absolute Gasteiger partial charge is 0.335 e. The first kappa shape index (κ1) is 20.2. The average Bonchev–Trinajstić information content (AvgIpc) is 2.67. The van der Waals surface area contributed by atoms with Crippen LogP contribution in [-0.4, -0.2) is 11.1 Å². The fourth-order valence-electron chi connectivity index (χ4n) is 2.58. The van der Waals surface area contributed by atoms with Crippen LogP contribution in [0.2, 0.25) is 5.02 Å². The van der Waals surface area contributed by atoms with Gasteiger partial charge >= 0.3 is 5.97 Å². The molecule has 7 heteroatoms. The maximum absolute atomic E-state index is 13.8. The summed E-state index contributed by atoms with van der Waals surface area (Å²) in [7, 11) is 0. The van der Waals surface area contributed by atoms with Gasteiger partial charge in [0.05, 0.1) is 16.3 Å². The summed E-state index contributed by atoms with van der Waals surface area (Å²) < 4.78 is 20.5. The summed E-state index contributed by atoms with van der Waals surface area (Å²) in [5.74, 6) is -0.767. The molecule has 0 saturated heterocycles. The summed E-state index contributed by atoms with van der Waals surface area (Å²) in [4.78, 5) is 11.2. The molecule has 0 aliphatic rings. The van der Waals surface area contributed by atoms with Gasteiger partial charge in [0, 0.05) is 22.1 Å². The van der Waals surface area contributed by atoms with Crippen LogP contribution < -0.4 is 10.1 Å². The van der Waals surface area contributed by atoms with E-state index >= 15 is 0 Å². The highest BCUT2D eigenvalue weighted by Gasteiger charge is 2.10. The van der Waals surface area contributed by atoms with E-state index in [9.17, 15) is 9.18 Å². The van der Waals surface area contributed by atoms with Gasteiger partial charge in [-0.3, -0.25) is 0 Å². The van der Waals surface area contributed by atoms with E-state index in [-0.39, 0.29) is 18.0 Å². The molecule has 0 amide bonds. The third-order valence-electron chi connectivity index (χ3n) is 4.05. The lowest BCUT2D eigenvalue weighted by Crippen LogP contribution is -2.06. The van der Waals surface area contributed by atoms with E-state index in [1.807, 2.05) is 12.1 Å². The molecule has 0 spiro atoms. The Morgan fingerprint density at radius 2 is 1.89 bits per heavy atom. The van der Waals surface area contributed by atoms with E-state index in [1.54, 1.807) is 24.3 Å². The summed E-state index contributed by atoms with van der Waals surface area (Å²) in [6.45, 7) is 0.436. The average molecular weight is 465 g/mol. The fourth-order valence-corrected chi connectivity index (χ4v) is 3.18. The zero-order valence-electron chi connectivity index (χ0n) is 14.6. The van der Waals surface area contributed by atoms with E-state index in [1.165, 1.54) is 24.3 Å². The van der Waals surface area contributed by atoms with E-state index < -0.39 is 5.97 Å². The van der Waals surface area contributed by atoms with Crippen LogP contribution in [0.5, 0.6) is 5.75 Å². The minimum atomic E-state index is -1.03. The van der Waals surface area contributed by atoms with Gasteiger partial charge in [0.25, 0.3) is 0 Å². The third kappa shape index (κ3) is 5.03. The molecule has 3 aromatic carbocycles. The topological polar surface area (TPSA) is 58.6 Å². The molecule has 0 unspecified atom stereocenters. The molecule has 3 aromatic rings. The molecule has 0 bridgehead atoms. The Kier molecular flexibility index (Phi) is 6.54. The number of hydrogen-bond donors (Lipinski definition) is 2. The van der Waals surface area contributed by atoms with E-state index in [0.717, 1.165) is 10.0 Å². The van der Waals surface area contributed by atoms with Crippen LogP contribution in [0, 0.1) is 5.82 Å². The minimum absolute atomic E-state index is 0.0938. The second-order valence-corrected chi connectivity index (χ2v) is 7.31. The summed E-state index contributed by atoms with van der Waals surface area (Å²) >= 11 is 9.59. The van der Waals surface area contributed by atoms with Crippen molar-refractivity contribution in [1.29, 1.82) is 0 Å². The number of nitrogens with one attached hydrogen (secondary N) is 1. The Balaban J connectivity index is 1.77. The second kappa shape index (κ2) is 9.08. The summed E-state index contributed by atoms with van der Waals surface area (Å²) in [5, 5.41) is 12.7. The standard InChI is InChI=1S/C21H16BrClFNO3/c22-16-6-8-20(28-12-14-3-1-2-4-18(14)24)15(9-16)11-25-19-10-13(21(26)27)5-7-17(19)23/h1-10,25H,11-12H2,(H,26,27). The summed E-state index contributed by atoms with van der Waals surface area (Å²) in [5.41, 5.74) is 1.91. The molecule has 0 heterocycles. The third-order valence-corrected chi connectivity index (χ3v) is 4.87. The predicted octanol–water partition coefficient (Wildman–Crippen LogP) is 6.13. The number of carbonyl (C=O) groups is 1. The van der Waals surface area contributed by atoms with Gasteiger partial charge in [0.2, 0.25) is 0 Å². The molecule has 28 heavy (non-hydrogen) atoms. The van der Waals surface area contributed by atoms with E-state index in [0.29, 0.717) is 28.6 Å². The van der Waals surface area contributed by atoms with Crippen molar-refractivity contribution in [3.63, 3.8) is 0 Å². The van der Waals surface area contributed by atoms with Gasteiger partial charge in [-0.2, -0.15) is 0 Å². The van der Waals surface area contributed by atoms with Gasteiger partial charge < -0.3 is 15.2 Å². The summed E-state index contributed by atoms with van der Waals surface area (Å²) in [6, 6.07) is 16.4. The van der Waals surface area contributed by atoms with Crippen molar-refractivity contribution in [2.45, 2.75) is 13.2 Å². The molecule has 0 fully saturated rings. The van der Waals surface area contributed by atoms with Gasteiger partial charge in [-0.15, -0.1) is 0 Å². The Morgan fingerprint density at radius 3 is 2.64 bits per heavy atom. The minimum Gasteiger partial charge on any atom is -0.488 e. The quantitative estimate of drug-likeness (QED) is 0.441. The molecule has 0 atom stereocenters. The van der Waals surface area contributed by atoms with E-state index in [4.69, 9.17) is 21.4 Å².